The monoisotopic (exact) mass is 1650 g/mol. The number of anilines is 5. The Hall–Kier alpha value is -10.8. The molecule has 0 unspecified atom stereocenters. The first-order valence-electron chi connectivity index (χ1n) is 29.7. The highest BCUT2D eigenvalue weighted by Crippen LogP contribution is 2.32. The molecule has 2 heterocycles. The molecular weight excluding hydrogens is 1590 g/mol. The molecule has 0 aromatic heterocycles. The number of benzene rings is 9. The van der Waals surface area contributed by atoms with Crippen LogP contribution in [0.4, 0.5) is 51.2 Å². The number of piperazine rings is 2. The zero-order valence-corrected chi connectivity index (χ0v) is 60.5. The average molecular weight is 1660 g/mol. The summed E-state index contributed by atoms with van der Waals surface area (Å²) in [5.74, 6) is -1.37. The number of amides is 4. The van der Waals surface area contributed by atoms with Crippen LogP contribution in [0.2, 0.25) is 0 Å². The molecule has 526 valence electrons. The summed E-state index contributed by atoms with van der Waals surface area (Å²) < 4.78 is 1.26. The molecule has 27 nitrogen and oxygen atoms in total. The number of carbonyl (C=O) groups is 6. The molecule has 0 spiro atoms. The van der Waals surface area contributed by atoms with Gasteiger partial charge in [0.1, 0.15) is 0 Å². The van der Waals surface area contributed by atoms with E-state index in [4.69, 9.17) is 33.0 Å². The molecule has 32 heteroatoms. The van der Waals surface area contributed by atoms with Gasteiger partial charge in [-0.1, -0.05) is 109 Å². The van der Waals surface area contributed by atoms with Crippen LogP contribution in [0.15, 0.2) is 239 Å². The molecular formula is C69H65Br4ClN12O15. The van der Waals surface area contributed by atoms with E-state index in [0.717, 1.165) is 38.7 Å². The summed E-state index contributed by atoms with van der Waals surface area (Å²) in [5.41, 5.74) is 15.7. The topological polar surface area (TPSA) is 393 Å². The van der Waals surface area contributed by atoms with Crippen molar-refractivity contribution in [2.45, 2.75) is 6.92 Å². The number of nitrogens with one attached hydrogen (secondary N) is 3. The fourth-order valence-corrected chi connectivity index (χ4v) is 9.42. The lowest BCUT2D eigenvalue weighted by Gasteiger charge is -2.37. The molecule has 0 bridgehead atoms. The third kappa shape index (κ3) is 29.3. The summed E-state index contributed by atoms with van der Waals surface area (Å²) in [6.07, 6.45) is 0. The van der Waals surface area contributed by atoms with E-state index < -0.39 is 30.9 Å². The van der Waals surface area contributed by atoms with Crippen LogP contribution in [0.5, 0.6) is 0 Å². The molecule has 2 aliphatic heterocycles. The number of carbonyl (C=O) groups excluding carboxylic acids is 5. The predicted molar refractivity (Wildman–Crippen MR) is 403 cm³/mol. The number of aliphatic carboxylic acids is 1. The first kappa shape index (κ1) is 82.6. The maximum Gasteiger partial charge on any atom is 0.300 e. The minimum absolute atomic E-state index is 0.00528. The standard InChI is InChI=1S/C24H22N4O4.C13H9BrN2O3.C11H14N2O.C7H5ClO.C6H5BrN2O2.C6H6N2O2.C2H4O2.Br2/c29-23(18-7-3-1-4-8-18)25-21-17-20(28(31)32)11-12-22(21)26-13-15-27(16-14-26)24(30)19-9-5-2-6-10-19;14-11-7-6-10(16(18)19)8-12(11)15-13(17)9-4-2-1-3-5-9;14-11(10-4-2-1-3-5-10)13-8-6-12-7-9-13;8-7(9)6-4-2-1-3-5-6;7-5-2-1-4(9(10)11)3-6(5)8;7-5-2-1-3-6(4-5)8(9)10;1-2(3)4;1-2/h1-12,17H,13-16H2,(H,25,29);1-8H,(H,15,17);1-5,12H,6-9H2;1-5H;1-3H,8H2;1-4H,7H2;1H3,(H,3,4);. The summed E-state index contributed by atoms with van der Waals surface area (Å²) in [4.78, 5) is 115. The van der Waals surface area contributed by atoms with Gasteiger partial charge < -0.3 is 47.2 Å². The van der Waals surface area contributed by atoms with Gasteiger partial charge in [0.05, 0.1) is 42.4 Å². The molecule has 101 heavy (non-hydrogen) atoms. The van der Waals surface area contributed by atoms with Gasteiger partial charge in [-0.3, -0.25) is 69.2 Å². The van der Waals surface area contributed by atoms with Crippen LogP contribution >= 0.6 is 71.7 Å². The fraction of sp³-hybridized carbons (Fsp3) is 0.130. The first-order valence-corrected chi connectivity index (χ1v) is 35.4. The Kier molecular flexibility index (Phi) is 36.2. The van der Waals surface area contributed by atoms with E-state index >= 15 is 0 Å². The van der Waals surface area contributed by atoms with Gasteiger partial charge in [0.15, 0.2) is 0 Å². The minimum Gasteiger partial charge on any atom is -0.481 e. The number of non-ortho nitro benzene ring substituents is 4. The molecule has 2 fully saturated rings. The van der Waals surface area contributed by atoms with E-state index in [1.54, 1.807) is 120 Å². The van der Waals surface area contributed by atoms with Crippen molar-refractivity contribution < 1.29 is 53.6 Å². The van der Waals surface area contributed by atoms with Crippen LogP contribution in [0.3, 0.4) is 0 Å². The van der Waals surface area contributed by atoms with E-state index in [1.165, 1.54) is 54.6 Å². The van der Waals surface area contributed by atoms with Crippen molar-refractivity contribution in [2.24, 2.45) is 0 Å². The molecule has 4 amide bonds. The normalized spacial score (nSPS) is 11.5. The molecule has 11 rings (SSSR count). The number of carboxylic acids is 1. The van der Waals surface area contributed by atoms with Gasteiger partial charge in [0, 0.05) is 179 Å². The predicted octanol–water partition coefficient (Wildman–Crippen LogP) is 15.1. The van der Waals surface area contributed by atoms with Crippen LogP contribution in [0, 0.1) is 40.5 Å². The average Bonchev–Trinajstić information content (AvgIpc) is 0.804. The second kappa shape index (κ2) is 44.2. The number of nitrogens with two attached hydrogens (primary N) is 2. The highest BCUT2D eigenvalue weighted by atomic mass is 80.9. The molecule has 0 atom stereocenters. The number of hydrogen-bond donors (Lipinski definition) is 6. The van der Waals surface area contributed by atoms with Gasteiger partial charge in [-0.05, 0) is 116 Å². The molecule has 9 aromatic rings. The van der Waals surface area contributed by atoms with Gasteiger partial charge in [-0.25, -0.2) is 0 Å². The Morgan fingerprint density at radius 2 is 0.792 bits per heavy atom. The van der Waals surface area contributed by atoms with Crippen molar-refractivity contribution in [2.75, 3.05) is 79.4 Å². The van der Waals surface area contributed by atoms with Gasteiger partial charge in [0.25, 0.3) is 57.6 Å². The Labute approximate surface area is 616 Å². The zero-order chi connectivity index (χ0) is 74.4. The van der Waals surface area contributed by atoms with E-state index in [0.29, 0.717) is 85.8 Å². The van der Waals surface area contributed by atoms with Crippen molar-refractivity contribution in [3.8, 4) is 0 Å². The van der Waals surface area contributed by atoms with E-state index in [-0.39, 0.29) is 46.4 Å². The first-order chi connectivity index (χ1) is 48.3. The van der Waals surface area contributed by atoms with Gasteiger partial charge >= 0.3 is 0 Å². The molecule has 0 saturated carbocycles. The second-order valence-electron chi connectivity index (χ2n) is 20.5. The van der Waals surface area contributed by atoms with Crippen molar-refractivity contribution in [3.05, 3.63) is 308 Å². The number of nitro groups is 4. The summed E-state index contributed by atoms with van der Waals surface area (Å²) >= 11 is 17.0. The lowest BCUT2D eigenvalue weighted by Crippen LogP contribution is -2.49. The lowest BCUT2D eigenvalue weighted by molar-refractivity contribution is -0.385. The Morgan fingerprint density at radius 1 is 0.446 bits per heavy atom. The summed E-state index contributed by atoms with van der Waals surface area (Å²) in [6, 6.07) is 63.4. The van der Waals surface area contributed by atoms with Crippen LogP contribution in [0.25, 0.3) is 0 Å². The second-order valence-corrected chi connectivity index (χ2v) is 22.6. The number of nitro benzene ring substituents is 4. The third-order valence-electron chi connectivity index (χ3n) is 13.5. The highest BCUT2D eigenvalue weighted by Gasteiger charge is 2.26. The number of halogens is 5. The molecule has 2 saturated heterocycles. The maximum absolute atomic E-state index is 12.7. The van der Waals surface area contributed by atoms with Crippen molar-refractivity contribution >= 4 is 158 Å². The number of rotatable bonds is 12. The van der Waals surface area contributed by atoms with Crippen molar-refractivity contribution in [1.29, 1.82) is 0 Å². The van der Waals surface area contributed by atoms with Crippen LogP contribution in [-0.4, -0.2) is 122 Å². The van der Waals surface area contributed by atoms with E-state index in [2.05, 4.69) is 76.1 Å². The lowest BCUT2D eigenvalue weighted by atomic mass is 10.1. The molecule has 9 aromatic carbocycles. The van der Waals surface area contributed by atoms with Gasteiger partial charge in [-0.15, -0.1) is 0 Å². The summed E-state index contributed by atoms with van der Waals surface area (Å²) in [7, 11) is 0. The molecule has 2 aliphatic rings. The summed E-state index contributed by atoms with van der Waals surface area (Å²) in [6.45, 7) is 6.63. The highest BCUT2D eigenvalue weighted by molar-refractivity contribution is 9.93. The fourth-order valence-electron chi connectivity index (χ4n) is 8.70. The smallest absolute Gasteiger partial charge is 0.300 e. The molecule has 0 radical (unpaired) electrons. The van der Waals surface area contributed by atoms with E-state index in [1.807, 2.05) is 70.5 Å². The van der Waals surface area contributed by atoms with E-state index in [9.17, 15) is 64.4 Å². The maximum atomic E-state index is 12.7. The number of nitrogens with zero attached hydrogens (tertiary/aromatic N) is 7. The number of carboxylic acid groups (broad SMARTS) is 1. The number of hydrogen-bond acceptors (Lipinski definition) is 18. The zero-order valence-electron chi connectivity index (χ0n) is 53.4. The van der Waals surface area contributed by atoms with Crippen molar-refractivity contribution in [3.63, 3.8) is 0 Å². The van der Waals surface area contributed by atoms with Crippen molar-refractivity contribution in [1.82, 2.24) is 15.1 Å². The Balaban J connectivity index is 0.000000269. The van der Waals surface area contributed by atoms with Crippen LogP contribution < -0.4 is 32.3 Å². The van der Waals surface area contributed by atoms with Crippen LogP contribution in [0.1, 0.15) is 58.7 Å². The quantitative estimate of drug-likeness (QED) is 0.0286. The summed E-state index contributed by atoms with van der Waals surface area (Å²) in [5, 5.41) is 58.0. The van der Waals surface area contributed by atoms with Gasteiger partial charge in [-0.2, -0.15) is 0 Å². The Morgan fingerprint density at radius 3 is 1.17 bits per heavy atom. The Bertz CT molecular complexity index is 4230. The third-order valence-corrected chi connectivity index (χ3v) is 15.2. The molecule has 8 N–H and O–H groups in total. The van der Waals surface area contributed by atoms with Gasteiger partial charge in [0.2, 0.25) is 0 Å². The molecule has 0 aliphatic carbocycles. The number of nitrogen functional groups attached to an aromatic ring is 2. The SMILES string of the molecule is BrBr.CC(=O)O.Nc1cc([N+](=O)[O-])ccc1Br.Nc1cccc([N+](=O)[O-])c1.O=C(Cl)c1ccccc1.O=C(Nc1cc([N+](=O)[O-])ccc1Br)c1ccccc1.O=C(Nc1cc([N+](=O)[O-])ccc1N1CCN(C(=O)c2ccccc2)CC1)c1ccccc1.O=C(c1ccccc1)N1CCNCC1. The largest absolute Gasteiger partial charge is 0.481 e. The van der Waals surface area contributed by atoms with Crippen LogP contribution in [-0.2, 0) is 4.79 Å². The minimum atomic E-state index is -0.833.